The molecule has 1 rings (SSSR count). The predicted octanol–water partition coefficient (Wildman–Crippen LogP) is 2.04. The van der Waals surface area contributed by atoms with E-state index >= 15 is 0 Å². The number of nitrogens with one attached hydrogen (secondary N) is 1. The second-order valence-electron chi connectivity index (χ2n) is 5.61. The van der Waals surface area contributed by atoms with Crippen LogP contribution in [0.15, 0.2) is 24.3 Å². The summed E-state index contributed by atoms with van der Waals surface area (Å²) in [6, 6.07) is 7.58. The van der Waals surface area contributed by atoms with Gasteiger partial charge in [0.15, 0.2) is 0 Å². The summed E-state index contributed by atoms with van der Waals surface area (Å²) in [5.74, 6) is 0.438. The van der Waals surface area contributed by atoms with Crippen molar-refractivity contribution >= 4 is 5.91 Å². The van der Waals surface area contributed by atoms with E-state index in [0.29, 0.717) is 13.0 Å². The third-order valence-electron chi connectivity index (χ3n) is 2.78. The van der Waals surface area contributed by atoms with Crippen molar-refractivity contribution in [2.45, 2.75) is 38.6 Å². The minimum absolute atomic E-state index is 0.0116. The largest absolute Gasteiger partial charge is 0.496 e. The summed E-state index contributed by atoms with van der Waals surface area (Å²) >= 11 is 0. The van der Waals surface area contributed by atoms with Gasteiger partial charge in [-0.15, -0.1) is 0 Å². The third-order valence-corrected chi connectivity index (χ3v) is 2.78. The zero-order valence-corrected chi connectivity index (χ0v) is 12.2. The molecule has 1 aromatic rings. The van der Waals surface area contributed by atoms with Gasteiger partial charge in [0, 0.05) is 11.1 Å². The van der Waals surface area contributed by atoms with Gasteiger partial charge < -0.3 is 15.8 Å². The van der Waals surface area contributed by atoms with E-state index < -0.39 is 0 Å². The number of nitrogens with two attached hydrogens (primary N) is 1. The van der Waals surface area contributed by atoms with Crippen molar-refractivity contribution in [1.29, 1.82) is 0 Å². The topological polar surface area (TPSA) is 64.3 Å². The first-order valence-corrected chi connectivity index (χ1v) is 6.54. The number of methoxy groups -OCH3 is 1. The Bertz CT molecular complexity index is 424. The molecule has 1 unspecified atom stereocenters. The fraction of sp³-hybridized carbons (Fsp3) is 0.533. The van der Waals surface area contributed by atoms with E-state index in [1.807, 2.05) is 45.0 Å². The molecule has 0 fully saturated rings. The molecule has 106 valence electrons. The number of amides is 1. The van der Waals surface area contributed by atoms with Gasteiger partial charge in [0.05, 0.1) is 13.0 Å². The molecule has 4 nitrogen and oxygen atoms in total. The van der Waals surface area contributed by atoms with Crippen LogP contribution in [0.25, 0.3) is 0 Å². The molecule has 0 saturated carbocycles. The van der Waals surface area contributed by atoms with Crippen LogP contribution in [0.5, 0.6) is 5.75 Å². The fourth-order valence-electron chi connectivity index (χ4n) is 2.01. The molecule has 1 atom stereocenters. The molecule has 1 amide bonds. The molecule has 0 spiro atoms. The Hall–Kier alpha value is -1.55. The summed E-state index contributed by atoms with van der Waals surface area (Å²) in [6.45, 7) is 6.35. The first kappa shape index (κ1) is 15.5. The van der Waals surface area contributed by atoms with Crippen molar-refractivity contribution in [3.63, 3.8) is 0 Å². The average molecular weight is 264 g/mol. The van der Waals surface area contributed by atoms with Crippen molar-refractivity contribution < 1.29 is 9.53 Å². The maximum absolute atomic E-state index is 12.4. The van der Waals surface area contributed by atoms with Crippen molar-refractivity contribution in [3.05, 3.63) is 29.8 Å². The van der Waals surface area contributed by atoms with Gasteiger partial charge in [-0.2, -0.15) is 0 Å². The van der Waals surface area contributed by atoms with Crippen LogP contribution in [0, 0.1) is 0 Å². The summed E-state index contributed by atoms with van der Waals surface area (Å²) in [6.07, 6.45) is 0.599. The summed E-state index contributed by atoms with van der Waals surface area (Å²) in [4.78, 5) is 12.4. The van der Waals surface area contributed by atoms with Crippen LogP contribution in [0.4, 0.5) is 0 Å². The lowest BCUT2D eigenvalue weighted by molar-refractivity contribution is -0.124. The van der Waals surface area contributed by atoms with Gasteiger partial charge in [-0.3, -0.25) is 4.79 Å². The number of rotatable bonds is 5. The van der Waals surface area contributed by atoms with Crippen molar-refractivity contribution in [3.8, 4) is 5.75 Å². The predicted molar refractivity (Wildman–Crippen MR) is 77.3 cm³/mol. The van der Waals surface area contributed by atoms with Crippen molar-refractivity contribution in [2.24, 2.45) is 5.73 Å². The number of hydrogen-bond donors (Lipinski definition) is 2. The summed E-state index contributed by atoms with van der Waals surface area (Å²) in [7, 11) is 1.61. The van der Waals surface area contributed by atoms with Crippen LogP contribution in [0.3, 0.4) is 0 Å². The maximum Gasteiger partial charge on any atom is 0.228 e. The lowest BCUT2D eigenvalue weighted by Crippen LogP contribution is -2.43. The molecule has 0 aliphatic carbocycles. The second-order valence-corrected chi connectivity index (χ2v) is 5.61. The van der Waals surface area contributed by atoms with E-state index in [2.05, 4.69) is 5.32 Å². The molecule has 0 aromatic heterocycles. The van der Waals surface area contributed by atoms with E-state index in [4.69, 9.17) is 10.5 Å². The SMILES string of the molecule is COc1ccccc1C(CCN)C(=O)NC(C)(C)C. The number of ether oxygens (including phenoxy) is 1. The maximum atomic E-state index is 12.4. The molecule has 0 radical (unpaired) electrons. The van der Waals surface area contributed by atoms with Crippen molar-refractivity contribution in [2.75, 3.05) is 13.7 Å². The normalized spacial score (nSPS) is 12.9. The van der Waals surface area contributed by atoms with Gasteiger partial charge in [0.1, 0.15) is 5.75 Å². The number of carbonyl (C=O) groups excluding carboxylic acids is 1. The van der Waals surface area contributed by atoms with E-state index in [9.17, 15) is 4.79 Å². The Morgan fingerprint density at radius 2 is 2.00 bits per heavy atom. The van der Waals surface area contributed by atoms with Gasteiger partial charge >= 0.3 is 0 Å². The highest BCUT2D eigenvalue weighted by Crippen LogP contribution is 2.29. The molecule has 4 heteroatoms. The molecule has 0 heterocycles. The zero-order chi connectivity index (χ0) is 14.5. The van der Waals surface area contributed by atoms with Crippen LogP contribution in [-0.4, -0.2) is 25.1 Å². The van der Waals surface area contributed by atoms with Gasteiger partial charge in [0.2, 0.25) is 5.91 Å². The van der Waals surface area contributed by atoms with Crippen LogP contribution in [0.1, 0.15) is 38.7 Å². The number of benzene rings is 1. The highest BCUT2D eigenvalue weighted by molar-refractivity contribution is 5.85. The average Bonchev–Trinajstić information content (AvgIpc) is 2.33. The quantitative estimate of drug-likeness (QED) is 0.855. The van der Waals surface area contributed by atoms with E-state index in [1.54, 1.807) is 7.11 Å². The van der Waals surface area contributed by atoms with Crippen molar-refractivity contribution in [1.82, 2.24) is 5.32 Å². The van der Waals surface area contributed by atoms with Crippen LogP contribution < -0.4 is 15.8 Å². The molecular formula is C15H24N2O2. The van der Waals surface area contributed by atoms with Gasteiger partial charge in [-0.1, -0.05) is 18.2 Å². The lowest BCUT2D eigenvalue weighted by atomic mass is 9.92. The molecule has 0 saturated heterocycles. The molecular weight excluding hydrogens is 240 g/mol. The minimum Gasteiger partial charge on any atom is -0.496 e. The second kappa shape index (κ2) is 6.57. The smallest absolute Gasteiger partial charge is 0.228 e. The molecule has 19 heavy (non-hydrogen) atoms. The number of para-hydroxylation sites is 1. The fourth-order valence-corrected chi connectivity index (χ4v) is 2.01. The summed E-state index contributed by atoms with van der Waals surface area (Å²) < 4.78 is 5.33. The van der Waals surface area contributed by atoms with Crippen LogP contribution >= 0.6 is 0 Å². The Kier molecular flexibility index (Phi) is 5.36. The Morgan fingerprint density at radius 1 is 1.37 bits per heavy atom. The highest BCUT2D eigenvalue weighted by atomic mass is 16.5. The summed E-state index contributed by atoms with van der Waals surface area (Å²) in [5, 5.41) is 3.00. The van der Waals surface area contributed by atoms with E-state index in [-0.39, 0.29) is 17.4 Å². The molecule has 1 aromatic carbocycles. The van der Waals surface area contributed by atoms with Gasteiger partial charge in [0.25, 0.3) is 0 Å². The number of hydrogen-bond acceptors (Lipinski definition) is 3. The molecule has 0 aliphatic heterocycles. The van der Waals surface area contributed by atoms with E-state index in [1.165, 1.54) is 0 Å². The Labute approximate surface area is 115 Å². The third kappa shape index (κ3) is 4.56. The minimum atomic E-state index is -0.277. The summed E-state index contributed by atoms with van der Waals surface area (Å²) in [5.41, 5.74) is 6.27. The lowest BCUT2D eigenvalue weighted by Gasteiger charge is -2.25. The first-order valence-electron chi connectivity index (χ1n) is 6.54. The Morgan fingerprint density at radius 3 is 2.53 bits per heavy atom. The standard InChI is InChI=1S/C15H24N2O2/c1-15(2,3)17-14(18)12(9-10-16)11-7-5-6-8-13(11)19-4/h5-8,12H,9-10,16H2,1-4H3,(H,17,18). The molecule has 0 bridgehead atoms. The van der Waals surface area contributed by atoms with Gasteiger partial charge in [-0.05, 0) is 39.8 Å². The Balaban J connectivity index is 3.03. The first-order chi connectivity index (χ1) is 8.89. The van der Waals surface area contributed by atoms with Crippen LogP contribution in [-0.2, 0) is 4.79 Å². The monoisotopic (exact) mass is 264 g/mol. The molecule has 0 aliphatic rings. The van der Waals surface area contributed by atoms with Crippen LogP contribution in [0.2, 0.25) is 0 Å². The zero-order valence-electron chi connectivity index (χ0n) is 12.2. The highest BCUT2D eigenvalue weighted by Gasteiger charge is 2.25. The molecule has 3 N–H and O–H groups in total. The van der Waals surface area contributed by atoms with E-state index in [0.717, 1.165) is 11.3 Å². The number of carbonyl (C=O) groups is 1. The van der Waals surface area contributed by atoms with Gasteiger partial charge in [-0.25, -0.2) is 0 Å².